The molecule has 0 radical (unpaired) electrons. The van der Waals surface area contributed by atoms with E-state index in [0.29, 0.717) is 29.5 Å². The number of piperidine rings is 1. The number of ether oxygens (including phenoxy) is 1. The van der Waals surface area contributed by atoms with Crippen LogP contribution < -0.4 is 20.2 Å². The Morgan fingerprint density at radius 2 is 1.89 bits per heavy atom. The van der Waals surface area contributed by atoms with Crippen molar-refractivity contribution in [1.29, 1.82) is 0 Å². The number of imidazole rings is 1. The highest BCUT2D eigenvalue weighted by Gasteiger charge is 2.37. The summed E-state index contributed by atoms with van der Waals surface area (Å²) in [6, 6.07) is 5.91. The minimum Gasteiger partial charge on any atom is -0.490 e. The molecular weight excluding hydrogens is 459 g/mol. The Kier molecular flexibility index (Phi) is 5.37. The molecule has 6 rings (SSSR count). The molecule has 5 heterocycles. The summed E-state index contributed by atoms with van der Waals surface area (Å²) in [4.78, 5) is 24.4. The van der Waals surface area contributed by atoms with Gasteiger partial charge in [0.1, 0.15) is 24.0 Å². The highest BCUT2D eigenvalue weighted by molar-refractivity contribution is 5.93. The van der Waals surface area contributed by atoms with Crippen molar-refractivity contribution in [1.82, 2.24) is 19.0 Å². The third kappa shape index (κ3) is 3.36. The quantitative estimate of drug-likeness (QED) is 0.558. The van der Waals surface area contributed by atoms with Gasteiger partial charge in [0.25, 0.3) is 0 Å². The lowest BCUT2D eigenvalue weighted by Gasteiger charge is -2.35. The number of pyridine rings is 1. The Morgan fingerprint density at radius 3 is 2.56 bits per heavy atom. The van der Waals surface area contributed by atoms with E-state index in [9.17, 15) is 4.79 Å². The lowest BCUT2D eigenvalue weighted by atomic mass is 9.94. The molecule has 1 atom stereocenters. The number of anilines is 2. The van der Waals surface area contributed by atoms with Gasteiger partial charge >= 0.3 is 5.69 Å². The van der Waals surface area contributed by atoms with Gasteiger partial charge in [-0.05, 0) is 52.1 Å². The molecule has 1 fully saturated rings. The molecule has 190 valence electrons. The summed E-state index contributed by atoms with van der Waals surface area (Å²) in [5.41, 5.74) is 4.28. The molecule has 0 N–H and O–H groups in total. The van der Waals surface area contributed by atoms with Crippen molar-refractivity contribution < 1.29 is 9.13 Å². The summed E-state index contributed by atoms with van der Waals surface area (Å²) < 4.78 is 25.5. The van der Waals surface area contributed by atoms with Crippen LogP contribution in [-0.4, -0.2) is 65.9 Å². The van der Waals surface area contributed by atoms with E-state index in [0.717, 1.165) is 54.4 Å². The fraction of sp³-hybridized carbons (Fsp3) is 0.481. The second kappa shape index (κ2) is 8.37. The monoisotopic (exact) mass is 492 g/mol. The van der Waals surface area contributed by atoms with Crippen molar-refractivity contribution in [2.24, 2.45) is 7.05 Å². The van der Waals surface area contributed by atoms with Crippen LogP contribution in [0.25, 0.3) is 22.4 Å². The van der Waals surface area contributed by atoms with Gasteiger partial charge in [0, 0.05) is 45.0 Å². The van der Waals surface area contributed by atoms with Gasteiger partial charge in [-0.15, -0.1) is 0 Å². The normalized spacial score (nSPS) is 19.4. The summed E-state index contributed by atoms with van der Waals surface area (Å²) in [5.74, 6) is 1.05. The zero-order valence-electron chi connectivity index (χ0n) is 21.6. The van der Waals surface area contributed by atoms with Crippen LogP contribution in [0.4, 0.5) is 15.9 Å². The Bertz CT molecular complexity index is 1380. The maximum Gasteiger partial charge on any atom is 0.329 e. The number of halogens is 1. The predicted molar refractivity (Wildman–Crippen MR) is 140 cm³/mol. The van der Waals surface area contributed by atoms with Crippen LogP contribution in [0.2, 0.25) is 0 Å². The van der Waals surface area contributed by atoms with Gasteiger partial charge in [0.05, 0.1) is 40.8 Å². The van der Waals surface area contributed by atoms with Crippen molar-refractivity contribution in [2.45, 2.75) is 38.4 Å². The standard InChI is InChI=1S/C27H33FN6O2/c1-16-15-36-26-23(17-6-7-22(29-13-17)33-10-8-18(9-11-33)30(2)3)19(28)12-20-24(26)25-21(14-31(20)4)32(5)27(35)34(16)25/h6-7,12-13,16,18H,8-11,14-15H2,1-5H3. The van der Waals surface area contributed by atoms with Gasteiger partial charge in [-0.2, -0.15) is 0 Å². The van der Waals surface area contributed by atoms with Crippen molar-refractivity contribution in [3.63, 3.8) is 0 Å². The largest absolute Gasteiger partial charge is 0.490 e. The number of hydrogen-bond donors (Lipinski definition) is 0. The molecule has 0 saturated carbocycles. The van der Waals surface area contributed by atoms with Crippen molar-refractivity contribution in [2.75, 3.05) is 50.6 Å². The average molecular weight is 493 g/mol. The summed E-state index contributed by atoms with van der Waals surface area (Å²) >= 11 is 0. The van der Waals surface area contributed by atoms with E-state index in [-0.39, 0.29) is 24.2 Å². The van der Waals surface area contributed by atoms with Crippen molar-refractivity contribution >= 4 is 11.5 Å². The second-order valence-corrected chi connectivity index (χ2v) is 10.6. The summed E-state index contributed by atoms with van der Waals surface area (Å²) in [5, 5.41) is 0. The SMILES string of the molecule is CC1COc2c(-c3ccc(N4CCC(N(C)C)CC4)nc3)c(F)cc3c2-c2c(n(C)c(=O)n21)CN3C. The van der Waals surface area contributed by atoms with Crippen LogP contribution in [0.3, 0.4) is 0 Å². The molecule has 1 unspecified atom stereocenters. The van der Waals surface area contributed by atoms with Crippen LogP contribution in [0.15, 0.2) is 29.2 Å². The van der Waals surface area contributed by atoms with Gasteiger partial charge in [-0.3, -0.25) is 9.13 Å². The van der Waals surface area contributed by atoms with E-state index in [2.05, 4.69) is 23.9 Å². The van der Waals surface area contributed by atoms with E-state index >= 15 is 4.39 Å². The molecular formula is C27H33FN6O2. The molecule has 8 nitrogen and oxygen atoms in total. The first-order valence-corrected chi connectivity index (χ1v) is 12.6. The number of hydrogen-bond acceptors (Lipinski definition) is 6. The van der Waals surface area contributed by atoms with E-state index in [1.54, 1.807) is 28.4 Å². The first-order chi connectivity index (χ1) is 17.3. The minimum absolute atomic E-state index is 0.0693. The second-order valence-electron chi connectivity index (χ2n) is 10.6. The Labute approximate surface area is 210 Å². The Hall–Kier alpha value is -3.33. The average Bonchev–Trinajstić information content (AvgIpc) is 3.02. The molecule has 0 spiro atoms. The van der Waals surface area contributed by atoms with E-state index < -0.39 is 0 Å². The molecule has 36 heavy (non-hydrogen) atoms. The smallest absolute Gasteiger partial charge is 0.329 e. The molecule has 2 aromatic heterocycles. The molecule has 3 aromatic rings. The summed E-state index contributed by atoms with van der Waals surface area (Å²) in [6.07, 6.45) is 3.94. The lowest BCUT2D eigenvalue weighted by molar-refractivity contribution is 0.249. The van der Waals surface area contributed by atoms with E-state index in [1.807, 2.05) is 31.0 Å². The topological polar surface area (TPSA) is 58.8 Å². The fourth-order valence-electron chi connectivity index (χ4n) is 6.00. The van der Waals surface area contributed by atoms with Gasteiger partial charge < -0.3 is 19.4 Å². The van der Waals surface area contributed by atoms with Crippen LogP contribution in [0, 0.1) is 5.82 Å². The maximum absolute atomic E-state index is 15.7. The fourth-order valence-corrected chi connectivity index (χ4v) is 6.00. The first kappa shape index (κ1) is 23.1. The highest BCUT2D eigenvalue weighted by Crippen LogP contribution is 2.51. The summed E-state index contributed by atoms with van der Waals surface area (Å²) in [7, 11) is 7.99. The molecule has 3 aliphatic rings. The molecule has 1 saturated heterocycles. The maximum atomic E-state index is 15.7. The van der Waals surface area contributed by atoms with Crippen LogP contribution >= 0.6 is 0 Å². The molecule has 1 aromatic carbocycles. The molecule has 9 heteroatoms. The van der Waals surface area contributed by atoms with Gasteiger partial charge in [0.2, 0.25) is 0 Å². The van der Waals surface area contributed by atoms with Gasteiger partial charge in [-0.1, -0.05) is 0 Å². The predicted octanol–water partition coefficient (Wildman–Crippen LogP) is 3.49. The summed E-state index contributed by atoms with van der Waals surface area (Å²) in [6.45, 7) is 4.70. The first-order valence-electron chi connectivity index (χ1n) is 12.6. The van der Waals surface area contributed by atoms with Crippen LogP contribution in [-0.2, 0) is 13.6 Å². The Morgan fingerprint density at radius 1 is 1.14 bits per heavy atom. The third-order valence-corrected chi connectivity index (χ3v) is 8.12. The number of aromatic nitrogens is 3. The van der Waals surface area contributed by atoms with E-state index in [1.165, 1.54) is 0 Å². The highest BCUT2D eigenvalue weighted by atomic mass is 19.1. The lowest BCUT2D eigenvalue weighted by Crippen LogP contribution is -2.42. The molecule has 0 aliphatic carbocycles. The molecule has 0 bridgehead atoms. The van der Waals surface area contributed by atoms with Crippen molar-refractivity contribution in [3.8, 4) is 28.1 Å². The van der Waals surface area contributed by atoms with E-state index in [4.69, 9.17) is 9.72 Å². The molecule has 0 amide bonds. The van der Waals surface area contributed by atoms with Crippen LogP contribution in [0.1, 0.15) is 31.5 Å². The van der Waals surface area contributed by atoms with Crippen LogP contribution in [0.5, 0.6) is 5.75 Å². The zero-order chi connectivity index (χ0) is 25.3. The molecule has 3 aliphatic heterocycles. The van der Waals surface area contributed by atoms with Crippen molar-refractivity contribution in [3.05, 3.63) is 46.4 Å². The Balaban J connectivity index is 1.44. The number of nitrogens with zero attached hydrogens (tertiary/aromatic N) is 6. The number of rotatable bonds is 3. The number of benzene rings is 1. The zero-order valence-corrected chi connectivity index (χ0v) is 21.6. The van der Waals surface area contributed by atoms with Gasteiger partial charge in [0.15, 0.2) is 0 Å². The minimum atomic E-state index is -0.347. The van der Waals surface area contributed by atoms with Gasteiger partial charge in [-0.25, -0.2) is 14.2 Å². The third-order valence-electron chi connectivity index (χ3n) is 8.12.